The maximum Gasteiger partial charge on any atom is 0.263 e. The van der Waals surface area contributed by atoms with Gasteiger partial charge in [-0.2, -0.15) is 0 Å². The summed E-state index contributed by atoms with van der Waals surface area (Å²) in [6.45, 7) is 6.68. The van der Waals surface area contributed by atoms with Crippen molar-refractivity contribution >= 4 is 5.91 Å². The highest BCUT2D eigenvalue weighted by Gasteiger charge is 2.33. The van der Waals surface area contributed by atoms with Gasteiger partial charge in [0.15, 0.2) is 0 Å². The third-order valence-electron chi connectivity index (χ3n) is 4.23. The first kappa shape index (κ1) is 13.8. The van der Waals surface area contributed by atoms with Gasteiger partial charge in [-0.15, -0.1) is 0 Å². The van der Waals surface area contributed by atoms with Crippen LogP contribution in [0.2, 0.25) is 0 Å². The lowest BCUT2D eigenvalue weighted by atomic mass is 9.94. The van der Waals surface area contributed by atoms with Gasteiger partial charge in [0.25, 0.3) is 5.91 Å². The number of piperidine rings is 1. The molecule has 2 heterocycles. The zero-order valence-corrected chi connectivity index (χ0v) is 11.4. The number of hydrazine groups is 1. The summed E-state index contributed by atoms with van der Waals surface area (Å²) in [6, 6.07) is 0.632. The minimum Gasteiger partial charge on any atom is -0.364 e. The van der Waals surface area contributed by atoms with Gasteiger partial charge in [0.05, 0.1) is 6.10 Å². The number of likely N-dealkylation sites (tertiary alicyclic amines) is 1. The van der Waals surface area contributed by atoms with Crippen LogP contribution in [0.25, 0.3) is 0 Å². The first-order valence-corrected chi connectivity index (χ1v) is 7.00. The molecule has 2 aliphatic heterocycles. The Morgan fingerprint density at radius 1 is 1.33 bits per heavy atom. The summed E-state index contributed by atoms with van der Waals surface area (Å²) in [6.07, 6.45) is 4.15. The quantitative estimate of drug-likeness (QED) is 0.441. The van der Waals surface area contributed by atoms with E-state index in [0.29, 0.717) is 6.04 Å². The number of hydrogen-bond acceptors (Lipinski definition) is 4. The van der Waals surface area contributed by atoms with Crippen LogP contribution in [0.5, 0.6) is 0 Å². The molecule has 4 atom stereocenters. The Bertz CT molecular complexity index is 298. The van der Waals surface area contributed by atoms with Crippen molar-refractivity contribution in [3.8, 4) is 0 Å². The van der Waals surface area contributed by atoms with E-state index in [1.54, 1.807) is 0 Å². The van der Waals surface area contributed by atoms with E-state index in [9.17, 15) is 4.79 Å². The van der Waals surface area contributed by atoms with E-state index in [2.05, 4.69) is 24.2 Å². The Balaban J connectivity index is 1.81. The van der Waals surface area contributed by atoms with Crippen LogP contribution >= 0.6 is 0 Å². The zero-order valence-electron chi connectivity index (χ0n) is 11.4. The van der Waals surface area contributed by atoms with E-state index in [-0.39, 0.29) is 18.1 Å². The average molecular weight is 255 g/mol. The molecule has 0 spiro atoms. The second kappa shape index (κ2) is 5.99. The van der Waals surface area contributed by atoms with Crippen molar-refractivity contribution < 1.29 is 9.53 Å². The lowest BCUT2D eigenvalue weighted by molar-refractivity contribution is -0.132. The van der Waals surface area contributed by atoms with Crippen LogP contribution in [0, 0.1) is 5.92 Å². The molecule has 0 radical (unpaired) electrons. The molecule has 0 bridgehead atoms. The highest BCUT2D eigenvalue weighted by molar-refractivity contribution is 5.80. The molecule has 4 unspecified atom stereocenters. The largest absolute Gasteiger partial charge is 0.364 e. The highest BCUT2D eigenvalue weighted by Crippen LogP contribution is 2.25. The van der Waals surface area contributed by atoms with E-state index in [4.69, 9.17) is 10.6 Å². The van der Waals surface area contributed by atoms with Gasteiger partial charge in [0.2, 0.25) is 0 Å². The van der Waals surface area contributed by atoms with Crippen LogP contribution < -0.4 is 11.3 Å². The first-order valence-electron chi connectivity index (χ1n) is 7.00. The second-order valence-electron chi connectivity index (χ2n) is 5.82. The maximum absolute atomic E-state index is 11.4. The number of carbonyl (C=O) groups excluding carboxylic acids is 1. The van der Waals surface area contributed by atoms with E-state index < -0.39 is 0 Å². The fraction of sp³-hybridized carbons (Fsp3) is 0.923. The summed E-state index contributed by atoms with van der Waals surface area (Å²) in [4.78, 5) is 13.9. The molecule has 18 heavy (non-hydrogen) atoms. The van der Waals surface area contributed by atoms with Crippen LogP contribution in [0.3, 0.4) is 0 Å². The van der Waals surface area contributed by atoms with Crippen molar-refractivity contribution in [2.24, 2.45) is 11.8 Å². The van der Waals surface area contributed by atoms with Crippen LogP contribution in [0.1, 0.15) is 39.5 Å². The molecule has 5 heteroatoms. The van der Waals surface area contributed by atoms with E-state index in [1.807, 2.05) is 0 Å². The van der Waals surface area contributed by atoms with Crippen LogP contribution in [0.15, 0.2) is 0 Å². The number of nitrogens with zero attached hydrogens (tertiary/aromatic N) is 1. The number of amides is 1. The number of ether oxygens (including phenoxy) is 1. The molecule has 2 saturated heterocycles. The molecular weight excluding hydrogens is 230 g/mol. The minimum absolute atomic E-state index is 0.181. The SMILES string of the molecule is CC1CCC(C)N(CC2CCC(C(=O)NN)O2)C1. The molecule has 2 aliphatic rings. The smallest absolute Gasteiger partial charge is 0.263 e. The molecule has 0 aromatic rings. The summed E-state index contributed by atoms with van der Waals surface area (Å²) in [5.41, 5.74) is 2.17. The molecule has 3 N–H and O–H groups in total. The van der Waals surface area contributed by atoms with E-state index in [1.165, 1.54) is 12.8 Å². The Morgan fingerprint density at radius 3 is 2.83 bits per heavy atom. The monoisotopic (exact) mass is 255 g/mol. The van der Waals surface area contributed by atoms with Crippen molar-refractivity contribution in [1.29, 1.82) is 0 Å². The zero-order chi connectivity index (χ0) is 13.1. The normalized spacial score (nSPS) is 37.7. The van der Waals surface area contributed by atoms with Crippen LogP contribution in [-0.4, -0.2) is 42.1 Å². The minimum atomic E-state index is -0.350. The summed E-state index contributed by atoms with van der Waals surface area (Å²) in [5, 5.41) is 0. The van der Waals surface area contributed by atoms with Gasteiger partial charge in [-0.25, -0.2) is 5.84 Å². The van der Waals surface area contributed by atoms with E-state index in [0.717, 1.165) is 31.8 Å². The Hall–Kier alpha value is -0.650. The van der Waals surface area contributed by atoms with Gasteiger partial charge in [-0.3, -0.25) is 15.1 Å². The number of nitrogens with one attached hydrogen (secondary N) is 1. The fourth-order valence-corrected chi connectivity index (χ4v) is 3.02. The van der Waals surface area contributed by atoms with Crippen molar-refractivity contribution in [2.45, 2.75) is 57.8 Å². The topological polar surface area (TPSA) is 67.6 Å². The third-order valence-corrected chi connectivity index (χ3v) is 4.23. The number of carbonyl (C=O) groups is 1. The van der Waals surface area contributed by atoms with Crippen molar-refractivity contribution in [2.75, 3.05) is 13.1 Å². The standard InChI is InChI=1S/C13H25N3O2/c1-9-3-4-10(2)16(7-9)8-11-5-6-12(18-11)13(17)15-14/h9-12H,3-8,14H2,1-2H3,(H,15,17). The number of rotatable bonds is 3. The van der Waals surface area contributed by atoms with Gasteiger partial charge >= 0.3 is 0 Å². The Labute approximate surface area is 109 Å². The molecule has 0 aromatic heterocycles. The highest BCUT2D eigenvalue weighted by atomic mass is 16.5. The molecule has 5 nitrogen and oxygen atoms in total. The molecule has 2 rings (SSSR count). The molecule has 104 valence electrons. The number of hydrogen-bond donors (Lipinski definition) is 2. The molecule has 1 amide bonds. The fourth-order valence-electron chi connectivity index (χ4n) is 3.02. The molecule has 2 fully saturated rings. The summed E-state index contributed by atoms with van der Waals surface area (Å²) in [7, 11) is 0. The molecular formula is C13H25N3O2. The lowest BCUT2D eigenvalue weighted by Crippen LogP contribution is -2.45. The summed E-state index contributed by atoms with van der Waals surface area (Å²) < 4.78 is 5.77. The van der Waals surface area contributed by atoms with Crippen LogP contribution in [0.4, 0.5) is 0 Å². The Morgan fingerprint density at radius 2 is 2.11 bits per heavy atom. The van der Waals surface area contributed by atoms with E-state index >= 15 is 0 Å². The summed E-state index contributed by atoms with van der Waals surface area (Å²) >= 11 is 0. The number of nitrogens with two attached hydrogens (primary N) is 1. The predicted molar refractivity (Wildman–Crippen MR) is 69.7 cm³/mol. The van der Waals surface area contributed by atoms with Crippen LogP contribution in [-0.2, 0) is 9.53 Å². The molecule has 0 saturated carbocycles. The van der Waals surface area contributed by atoms with Gasteiger partial charge in [-0.05, 0) is 38.5 Å². The Kier molecular flexibility index (Phi) is 4.59. The lowest BCUT2D eigenvalue weighted by Gasteiger charge is -2.38. The van der Waals surface area contributed by atoms with Crippen molar-refractivity contribution in [1.82, 2.24) is 10.3 Å². The van der Waals surface area contributed by atoms with Gasteiger partial charge in [-0.1, -0.05) is 6.92 Å². The molecule has 0 aliphatic carbocycles. The predicted octanol–water partition coefficient (Wildman–Crippen LogP) is 0.644. The summed E-state index contributed by atoms with van der Waals surface area (Å²) in [5.74, 6) is 5.70. The first-order chi connectivity index (χ1) is 8.60. The van der Waals surface area contributed by atoms with Gasteiger partial charge in [0, 0.05) is 19.1 Å². The van der Waals surface area contributed by atoms with Crippen molar-refractivity contribution in [3.05, 3.63) is 0 Å². The second-order valence-corrected chi connectivity index (χ2v) is 5.82. The average Bonchev–Trinajstić information content (AvgIpc) is 2.81. The van der Waals surface area contributed by atoms with Gasteiger partial charge in [0.1, 0.15) is 6.10 Å². The van der Waals surface area contributed by atoms with Crippen molar-refractivity contribution in [3.63, 3.8) is 0 Å². The maximum atomic E-state index is 11.4. The molecule has 0 aromatic carbocycles. The third kappa shape index (κ3) is 3.22. The van der Waals surface area contributed by atoms with Gasteiger partial charge < -0.3 is 4.74 Å².